The molecule has 0 saturated carbocycles. The van der Waals surface area contributed by atoms with E-state index in [4.69, 9.17) is 0 Å². The summed E-state index contributed by atoms with van der Waals surface area (Å²) in [6.45, 7) is 9.77. The Morgan fingerprint density at radius 1 is 0.196 bits per heavy atom. The fourth-order valence-corrected chi connectivity index (χ4v) is 17.2. The van der Waals surface area contributed by atoms with E-state index in [0.717, 1.165) is 67.5 Å². The molecular weight excluding hydrogens is 1230 g/mol. The van der Waals surface area contributed by atoms with E-state index >= 15 is 0 Å². The molecule has 0 radical (unpaired) electrons. The minimum Gasteiger partial charge on any atom is -0.310 e. The summed E-state index contributed by atoms with van der Waals surface area (Å²) in [6.07, 6.45) is 0. The number of anilines is 6. The van der Waals surface area contributed by atoms with Crippen molar-refractivity contribution < 1.29 is 0 Å². The summed E-state index contributed by atoms with van der Waals surface area (Å²) in [7, 11) is 0. The third-order valence-electron chi connectivity index (χ3n) is 22.1. The average molecular weight is 1300 g/mol. The molecule has 2 heteroatoms. The smallest absolute Gasteiger partial charge is 0.0543 e. The van der Waals surface area contributed by atoms with E-state index in [1.165, 1.54) is 121 Å². The van der Waals surface area contributed by atoms with E-state index in [1.54, 1.807) is 0 Å². The second-order valence-corrected chi connectivity index (χ2v) is 28.7. The predicted molar refractivity (Wildman–Crippen MR) is 434 cm³/mol. The largest absolute Gasteiger partial charge is 0.310 e. The van der Waals surface area contributed by atoms with Crippen molar-refractivity contribution in [1.82, 2.24) is 0 Å². The van der Waals surface area contributed by atoms with Gasteiger partial charge in [0.15, 0.2) is 0 Å². The molecule has 0 unspecified atom stereocenters. The Kier molecular flexibility index (Phi) is 14.3. The molecular formula is C100H72N2. The maximum absolute atomic E-state index is 2.58. The van der Waals surface area contributed by atoms with Gasteiger partial charge in [-0.15, -0.1) is 0 Å². The van der Waals surface area contributed by atoms with E-state index in [9.17, 15) is 0 Å². The molecule has 2 aliphatic carbocycles. The van der Waals surface area contributed by atoms with Crippen LogP contribution in [-0.2, 0) is 10.8 Å². The van der Waals surface area contributed by atoms with Gasteiger partial charge >= 0.3 is 0 Å². The summed E-state index contributed by atoms with van der Waals surface area (Å²) in [5.74, 6) is 0. The van der Waals surface area contributed by atoms with Crippen molar-refractivity contribution in [2.24, 2.45) is 0 Å². The molecule has 0 N–H and O–H groups in total. The van der Waals surface area contributed by atoms with Gasteiger partial charge in [-0.05, 0) is 252 Å². The monoisotopic (exact) mass is 1300 g/mol. The lowest BCUT2D eigenvalue weighted by Crippen LogP contribution is -2.18. The van der Waals surface area contributed by atoms with Gasteiger partial charge in [-0.2, -0.15) is 0 Å². The van der Waals surface area contributed by atoms with E-state index in [1.807, 2.05) is 0 Å². The number of nitrogens with zero attached hydrogens (tertiary/aromatic N) is 2. The van der Waals surface area contributed by atoms with Crippen LogP contribution < -0.4 is 9.80 Å². The molecule has 482 valence electrons. The van der Waals surface area contributed by atoms with Gasteiger partial charge in [-0.25, -0.2) is 0 Å². The summed E-state index contributed by atoms with van der Waals surface area (Å²) >= 11 is 0. The summed E-state index contributed by atoms with van der Waals surface area (Å²) < 4.78 is 0. The van der Waals surface area contributed by atoms with E-state index in [0.29, 0.717) is 0 Å². The molecule has 2 aliphatic rings. The Bertz CT molecular complexity index is 5980. The van der Waals surface area contributed by atoms with Gasteiger partial charge in [0.1, 0.15) is 0 Å². The average Bonchev–Trinajstić information content (AvgIpc) is 1.52. The standard InChI is InChI=1S/C100H72N2/c1-99(2)92-61-77(101(74-37-14-7-15-38-74)75-39-16-8-17-40-75)51-52-84(92)90-62-94-91(63-93(90)99)98-88-46-25-24-45-85(88)96(64-95(98)100(94,3)4)102(76-41-18-9-19-42-76)78-59-72(71-56-69(65-29-10-5-11-30-65)55-70(57-71)66-31-12-6-13-32-66)58-73(60-78)81-53-54-89(83-48-27-36-68-34-21-23-44-80(68)83)97-86(81)49-28-50-87(97)82-47-26-35-67-33-20-22-43-79(67)82/h5-64H,1-4H3. The van der Waals surface area contributed by atoms with Crippen molar-refractivity contribution in [3.8, 4) is 89.0 Å². The molecule has 0 bridgehead atoms. The zero-order chi connectivity index (χ0) is 68.2. The second kappa shape index (κ2) is 24.1. The molecule has 0 aromatic heterocycles. The highest BCUT2D eigenvalue weighted by atomic mass is 15.1. The second-order valence-electron chi connectivity index (χ2n) is 28.7. The lowest BCUT2D eigenvalue weighted by molar-refractivity contribution is 0.652. The van der Waals surface area contributed by atoms with Crippen LogP contribution in [0.15, 0.2) is 364 Å². The minimum absolute atomic E-state index is 0.286. The Morgan fingerprint density at radius 3 is 1.19 bits per heavy atom. The van der Waals surface area contributed by atoms with Gasteiger partial charge in [0.05, 0.1) is 5.69 Å². The van der Waals surface area contributed by atoms with Crippen molar-refractivity contribution >= 4 is 77.2 Å². The predicted octanol–water partition coefficient (Wildman–Crippen LogP) is 27.9. The summed E-state index contributed by atoms with van der Waals surface area (Å²) in [5, 5.41) is 9.73. The fourth-order valence-electron chi connectivity index (χ4n) is 17.2. The topological polar surface area (TPSA) is 6.48 Å². The number of rotatable bonds is 12. The number of fused-ring (bicyclic) bond motifs is 11. The molecule has 0 heterocycles. The van der Waals surface area contributed by atoms with E-state index in [-0.39, 0.29) is 10.8 Å². The summed E-state index contributed by atoms with van der Waals surface area (Å²) in [6, 6.07) is 136. The molecule has 2 nitrogen and oxygen atoms in total. The van der Waals surface area contributed by atoms with Crippen LogP contribution in [0.4, 0.5) is 34.1 Å². The highest BCUT2D eigenvalue weighted by molar-refractivity contribution is 6.18. The highest BCUT2D eigenvalue weighted by Gasteiger charge is 2.43. The normalized spacial score (nSPS) is 13.1. The van der Waals surface area contributed by atoms with Gasteiger partial charge < -0.3 is 9.80 Å². The Morgan fingerprint density at radius 2 is 0.588 bits per heavy atom. The van der Waals surface area contributed by atoms with Gasteiger partial charge in [0, 0.05) is 44.7 Å². The molecule has 19 rings (SSSR count). The third-order valence-corrected chi connectivity index (χ3v) is 22.1. The van der Waals surface area contributed by atoms with E-state index in [2.05, 4.69) is 401 Å². The first-order valence-corrected chi connectivity index (χ1v) is 35.7. The van der Waals surface area contributed by atoms with Gasteiger partial charge in [0.2, 0.25) is 0 Å². The quantitative estimate of drug-likeness (QED) is 0.120. The Balaban J connectivity index is 0.839. The van der Waals surface area contributed by atoms with E-state index < -0.39 is 0 Å². The first-order valence-electron chi connectivity index (χ1n) is 35.7. The Hall–Kier alpha value is -12.6. The van der Waals surface area contributed by atoms with Crippen molar-refractivity contribution in [3.05, 3.63) is 386 Å². The van der Waals surface area contributed by atoms with Crippen LogP contribution in [0.3, 0.4) is 0 Å². The van der Waals surface area contributed by atoms with Crippen LogP contribution in [0.25, 0.3) is 132 Å². The first-order chi connectivity index (χ1) is 50.1. The molecule has 0 spiro atoms. The maximum Gasteiger partial charge on any atom is 0.0543 e. The van der Waals surface area contributed by atoms with Crippen molar-refractivity contribution in [3.63, 3.8) is 0 Å². The summed E-state index contributed by atoms with van der Waals surface area (Å²) in [4.78, 5) is 4.95. The van der Waals surface area contributed by atoms with Crippen molar-refractivity contribution in [2.75, 3.05) is 9.80 Å². The van der Waals surface area contributed by atoms with Gasteiger partial charge in [-0.3, -0.25) is 0 Å². The summed E-state index contributed by atoms with van der Waals surface area (Å²) in [5.41, 5.74) is 30.7. The Labute approximate surface area is 597 Å². The van der Waals surface area contributed by atoms with Crippen LogP contribution in [0.1, 0.15) is 49.9 Å². The molecule has 0 aliphatic heterocycles. The third kappa shape index (κ3) is 9.92. The number of para-hydroxylation sites is 3. The number of benzene rings is 17. The minimum atomic E-state index is -0.379. The SMILES string of the molecule is CC1(C)c2cc(N(c3ccccc3)c3ccccc3)ccc2-c2cc3c(cc21)-c1c(cc(N(c2ccccc2)c2cc(-c4cc(-c5ccccc5)cc(-c5ccccc5)c4)cc(-c4ccc(-c5cccc6ccccc56)c5c(-c6cccc7ccccc67)cccc45)c2)c2ccccc12)C3(C)C. The lowest BCUT2D eigenvalue weighted by atomic mass is 9.79. The number of hydrogen-bond acceptors (Lipinski definition) is 2. The molecule has 0 fully saturated rings. The molecule has 0 saturated heterocycles. The molecule has 0 amide bonds. The van der Waals surface area contributed by atoms with Crippen LogP contribution in [-0.4, -0.2) is 0 Å². The van der Waals surface area contributed by atoms with Crippen LogP contribution in [0.2, 0.25) is 0 Å². The first kappa shape index (κ1) is 60.5. The number of hydrogen-bond donors (Lipinski definition) is 0. The van der Waals surface area contributed by atoms with Crippen molar-refractivity contribution in [2.45, 2.75) is 38.5 Å². The van der Waals surface area contributed by atoms with Gasteiger partial charge in [0.25, 0.3) is 0 Å². The molecule has 0 atom stereocenters. The molecule has 102 heavy (non-hydrogen) atoms. The molecule has 17 aromatic carbocycles. The maximum atomic E-state index is 2.58. The van der Waals surface area contributed by atoms with Crippen LogP contribution in [0.5, 0.6) is 0 Å². The molecule has 17 aromatic rings. The highest BCUT2D eigenvalue weighted by Crippen LogP contribution is 2.60. The van der Waals surface area contributed by atoms with Gasteiger partial charge in [-0.1, -0.05) is 289 Å². The zero-order valence-electron chi connectivity index (χ0n) is 57.5. The van der Waals surface area contributed by atoms with Crippen LogP contribution >= 0.6 is 0 Å². The fraction of sp³-hybridized carbons (Fsp3) is 0.0600. The van der Waals surface area contributed by atoms with Crippen LogP contribution in [0, 0.1) is 0 Å². The van der Waals surface area contributed by atoms with Crippen molar-refractivity contribution in [1.29, 1.82) is 0 Å². The lowest BCUT2D eigenvalue weighted by Gasteiger charge is -2.30. The zero-order valence-corrected chi connectivity index (χ0v) is 57.5.